The second-order valence-corrected chi connectivity index (χ2v) is 6.08. The van der Waals surface area contributed by atoms with Crippen molar-refractivity contribution in [3.8, 4) is 0 Å². The molecule has 23 heavy (non-hydrogen) atoms. The summed E-state index contributed by atoms with van der Waals surface area (Å²) in [6.45, 7) is 3.64. The molecule has 120 valence electrons. The van der Waals surface area contributed by atoms with E-state index in [1.54, 1.807) is 0 Å². The summed E-state index contributed by atoms with van der Waals surface area (Å²) in [5.41, 5.74) is 3.06. The Morgan fingerprint density at radius 1 is 1.13 bits per heavy atom. The number of nitrogens with zero attached hydrogens (tertiary/aromatic N) is 1. The average molecular weight is 329 g/mol. The van der Waals surface area contributed by atoms with Crippen molar-refractivity contribution in [1.82, 2.24) is 9.88 Å². The Morgan fingerprint density at radius 2 is 1.91 bits per heavy atom. The maximum atomic E-state index is 12.2. The molecule has 0 unspecified atom stereocenters. The Bertz CT molecular complexity index is 838. The lowest BCUT2D eigenvalue weighted by atomic mass is 10.1. The molecule has 1 heterocycles. The number of aromatic nitrogens is 1. The largest absolute Gasteiger partial charge is 0.352 e. The zero-order valence-electron chi connectivity index (χ0n) is 13.3. The van der Waals surface area contributed by atoms with E-state index in [-0.39, 0.29) is 5.91 Å². The van der Waals surface area contributed by atoms with E-state index in [2.05, 4.69) is 22.0 Å². The Hall–Kier alpha value is -2.00. The van der Waals surface area contributed by atoms with Gasteiger partial charge in [0.25, 0.3) is 5.91 Å². The van der Waals surface area contributed by atoms with Crippen LogP contribution in [-0.2, 0) is 6.54 Å². The molecule has 0 atom stereocenters. The van der Waals surface area contributed by atoms with Crippen LogP contribution in [0.15, 0.2) is 42.5 Å². The van der Waals surface area contributed by atoms with Crippen molar-refractivity contribution in [2.45, 2.75) is 26.3 Å². The molecule has 2 aromatic carbocycles. The van der Waals surface area contributed by atoms with Crippen molar-refractivity contribution in [3.05, 3.63) is 48.0 Å². The number of hydrogen-bond acceptors (Lipinski definition) is 1. The number of carbonyl (C=O) groups is 1. The first kappa shape index (κ1) is 15.9. The van der Waals surface area contributed by atoms with Crippen LogP contribution in [0.2, 0.25) is 0 Å². The van der Waals surface area contributed by atoms with E-state index >= 15 is 0 Å². The molecular formula is C19H21ClN2O. The molecule has 1 aromatic heterocycles. The molecule has 3 rings (SSSR count). The van der Waals surface area contributed by atoms with Crippen LogP contribution in [0.5, 0.6) is 0 Å². The highest BCUT2D eigenvalue weighted by Gasteiger charge is 2.12. The summed E-state index contributed by atoms with van der Waals surface area (Å²) in [6, 6.07) is 14.3. The molecule has 1 N–H and O–H groups in total. The molecular weight excluding hydrogens is 308 g/mol. The molecule has 0 spiro atoms. The van der Waals surface area contributed by atoms with Gasteiger partial charge in [0.15, 0.2) is 0 Å². The third-order valence-electron chi connectivity index (χ3n) is 4.09. The molecule has 0 fully saturated rings. The standard InChI is InChI=1S/C19H21ClN2O/c1-2-11-21-19(23)14-8-9-18-16(13-14)15-6-3-4-7-17(15)22(18)12-5-10-20/h3-4,6-9,13H,2,5,10-12H2,1H3,(H,21,23). The van der Waals surface area contributed by atoms with Gasteiger partial charge in [0.2, 0.25) is 0 Å². The normalized spacial score (nSPS) is 11.2. The van der Waals surface area contributed by atoms with Crippen LogP contribution in [0.4, 0.5) is 0 Å². The average Bonchev–Trinajstić information content (AvgIpc) is 2.91. The van der Waals surface area contributed by atoms with Gasteiger partial charge in [0.05, 0.1) is 0 Å². The number of nitrogens with one attached hydrogen (secondary N) is 1. The fourth-order valence-electron chi connectivity index (χ4n) is 2.99. The monoisotopic (exact) mass is 328 g/mol. The molecule has 0 saturated heterocycles. The summed E-state index contributed by atoms with van der Waals surface area (Å²) >= 11 is 5.87. The molecule has 0 saturated carbocycles. The zero-order valence-corrected chi connectivity index (χ0v) is 14.1. The summed E-state index contributed by atoms with van der Waals surface area (Å²) in [6.07, 6.45) is 1.86. The van der Waals surface area contributed by atoms with Crippen LogP contribution >= 0.6 is 11.6 Å². The van der Waals surface area contributed by atoms with E-state index in [0.717, 1.165) is 30.3 Å². The number of alkyl halides is 1. The maximum absolute atomic E-state index is 12.2. The summed E-state index contributed by atoms with van der Waals surface area (Å²) in [7, 11) is 0. The van der Waals surface area contributed by atoms with Crippen LogP contribution < -0.4 is 5.32 Å². The minimum Gasteiger partial charge on any atom is -0.352 e. The van der Waals surface area contributed by atoms with Crippen molar-refractivity contribution >= 4 is 39.3 Å². The number of aryl methyl sites for hydroxylation is 1. The van der Waals surface area contributed by atoms with Gasteiger partial charge >= 0.3 is 0 Å². The lowest BCUT2D eigenvalue weighted by Crippen LogP contribution is -2.23. The SMILES string of the molecule is CCCNC(=O)c1ccc2c(c1)c1ccccc1n2CCCCl. The van der Waals surface area contributed by atoms with Crippen LogP contribution in [0.3, 0.4) is 0 Å². The van der Waals surface area contributed by atoms with Gasteiger partial charge in [-0.3, -0.25) is 4.79 Å². The van der Waals surface area contributed by atoms with E-state index in [4.69, 9.17) is 11.6 Å². The second kappa shape index (κ2) is 7.05. The number of benzene rings is 2. The van der Waals surface area contributed by atoms with Gasteiger partial charge in [0, 0.05) is 46.3 Å². The van der Waals surface area contributed by atoms with Gasteiger partial charge in [-0.05, 0) is 37.1 Å². The van der Waals surface area contributed by atoms with Gasteiger partial charge in [-0.1, -0.05) is 25.1 Å². The van der Waals surface area contributed by atoms with Gasteiger partial charge in [-0.15, -0.1) is 11.6 Å². The number of rotatable bonds is 6. The van der Waals surface area contributed by atoms with Crippen LogP contribution in [0.25, 0.3) is 21.8 Å². The van der Waals surface area contributed by atoms with Crippen molar-refractivity contribution in [3.63, 3.8) is 0 Å². The lowest BCUT2D eigenvalue weighted by Gasteiger charge is -2.07. The van der Waals surface area contributed by atoms with Crippen molar-refractivity contribution in [2.24, 2.45) is 0 Å². The summed E-state index contributed by atoms with van der Waals surface area (Å²) < 4.78 is 2.29. The minimum atomic E-state index is -0.00802. The molecule has 0 bridgehead atoms. The van der Waals surface area contributed by atoms with E-state index in [9.17, 15) is 4.79 Å². The highest BCUT2D eigenvalue weighted by molar-refractivity contribution is 6.17. The molecule has 0 aliphatic carbocycles. The van der Waals surface area contributed by atoms with Crippen LogP contribution in [-0.4, -0.2) is 22.9 Å². The van der Waals surface area contributed by atoms with Crippen LogP contribution in [0, 0.1) is 0 Å². The van der Waals surface area contributed by atoms with E-state index in [0.29, 0.717) is 18.0 Å². The Kier molecular flexibility index (Phi) is 4.87. The van der Waals surface area contributed by atoms with Gasteiger partial charge in [0.1, 0.15) is 0 Å². The smallest absolute Gasteiger partial charge is 0.251 e. The first-order chi connectivity index (χ1) is 11.3. The van der Waals surface area contributed by atoms with E-state index in [1.807, 2.05) is 37.3 Å². The number of para-hydroxylation sites is 1. The molecule has 3 nitrogen and oxygen atoms in total. The highest BCUT2D eigenvalue weighted by atomic mass is 35.5. The quantitative estimate of drug-likeness (QED) is 0.661. The molecule has 0 radical (unpaired) electrons. The fraction of sp³-hybridized carbons (Fsp3) is 0.316. The van der Waals surface area contributed by atoms with Gasteiger partial charge in [-0.25, -0.2) is 0 Å². The number of hydrogen-bond donors (Lipinski definition) is 1. The lowest BCUT2D eigenvalue weighted by molar-refractivity contribution is 0.0954. The number of amides is 1. The molecule has 0 aliphatic rings. The predicted molar refractivity (Wildman–Crippen MR) is 97.4 cm³/mol. The third kappa shape index (κ3) is 3.06. The Balaban J connectivity index is 2.11. The zero-order chi connectivity index (χ0) is 16.2. The summed E-state index contributed by atoms with van der Waals surface area (Å²) in [5, 5.41) is 5.25. The first-order valence-electron chi connectivity index (χ1n) is 8.11. The van der Waals surface area contributed by atoms with Crippen molar-refractivity contribution < 1.29 is 4.79 Å². The Morgan fingerprint density at radius 3 is 2.70 bits per heavy atom. The van der Waals surface area contributed by atoms with Crippen molar-refractivity contribution in [1.29, 1.82) is 0 Å². The summed E-state index contributed by atoms with van der Waals surface area (Å²) in [4.78, 5) is 12.2. The van der Waals surface area contributed by atoms with E-state index in [1.165, 1.54) is 10.9 Å². The summed E-state index contributed by atoms with van der Waals surface area (Å²) in [5.74, 6) is 0.636. The predicted octanol–water partition coefficient (Wildman–Crippen LogP) is 4.56. The molecule has 1 amide bonds. The minimum absolute atomic E-state index is 0.00802. The Labute approximate surface area is 141 Å². The number of fused-ring (bicyclic) bond motifs is 3. The van der Waals surface area contributed by atoms with Crippen LogP contribution in [0.1, 0.15) is 30.1 Å². The molecule has 0 aliphatic heterocycles. The number of carbonyl (C=O) groups excluding carboxylic acids is 1. The van der Waals surface area contributed by atoms with E-state index < -0.39 is 0 Å². The van der Waals surface area contributed by atoms with Crippen molar-refractivity contribution in [2.75, 3.05) is 12.4 Å². The first-order valence-corrected chi connectivity index (χ1v) is 8.65. The fourth-order valence-corrected chi connectivity index (χ4v) is 3.11. The highest BCUT2D eigenvalue weighted by Crippen LogP contribution is 2.30. The molecule has 4 heteroatoms. The maximum Gasteiger partial charge on any atom is 0.251 e. The number of halogens is 1. The second-order valence-electron chi connectivity index (χ2n) is 5.70. The molecule has 3 aromatic rings. The van der Waals surface area contributed by atoms with Gasteiger partial charge in [-0.2, -0.15) is 0 Å². The van der Waals surface area contributed by atoms with Gasteiger partial charge < -0.3 is 9.88 Å². The topological polar surface area (TPSA) is 34.0 Å². The third-order valence-corrected chi connectivity index (χ3v) is 4.35.